The highest BCUT2D eigenvalue weighted by Gasteiger charge is 2.52. The van der Waals surface area contributed by atoms with Crippen molar-refractivity contribution < 1.29 is 9.31 Å². The number of rotatable bonds is 3. The van der Waals surface area contributed by atoms with Gasteiger partial charge in [-0.25, -0.2) is 0 Å². The Morgan fingerprint density at radius 3 is 2.50 bits per heavy atom. The van der Waals surface area contributed by atoms with E-state index in [1.54, 1.807) is 11.3 Å². The molecule has 5 heteroatoms. The number of benzene rings is 1. The van der Waals surface area contributed by atoms with Gasteiger partial charge in [0, 0.05) is 10.5 Å². The molecule has 0 saturated carbocycles. The summed E-state index contributed by atoms with van der Waals surface area (Å²) in [5, 5.41) is 3.40. The van der Waals surface area contributed by atoms with Crippen molar-refractivity contribution in [3.05, 3.63) is 40.7 Å². The lowest BCUT2D eigenvalue weighted by Crippen LogP contribution is -2.41. The molecule has 0 spiro atoms. The van der Waals surface area contributed by atoms with Crippen LogP contribution in [-0.2, 0) is 9.31 Å². The van der Waals surface area contributed by atoms with Gasteiger partial charge in [-0.1, -0.05) is 18.2 Å². The molecular weight excluding hydrogens is 311 g/mol. The minimum Gasteiger partial charge on any atom is -0.400 e. The third kappa shape index (κ3) is 2.87. The first-order chi connectivity index (χ1) is 10.3. The fourth-order valence-electron chi connectivity index (χ4n) is 2.46. The molecule has 0 atom stereocenters. The zero-order valence-electron chi connectivity index (χ0n) is 13.4. The number of hydrogen-bond donors (Lipinski definition) is 1. The normalized spacial score (nSPS) is 20.8. The maximum Gasteiger partial charge on any atom is 0.491 e. The molecule has 3 rings (SSSR count). The maximum atomic E-state index is 6.12. The molecule has 1 aromatic carbocycles. The van der Waals surface area contributed by atoms with Gasteiger partial charge in [0.25, 0.3) is 0 Å². The first kappa shape index (κ1) is 16.1. The van der Waals surface area contributed by atoms with E-state index in [0.717, 1.165) is 11.0 Å². The fraction of sp³-hybridized carbons (Fsp3) is 0.412. The number of thiophene rings is 1. The Hall–Kier alpha value is -0.745. The molecule has 1 saturated heterocycles. The summed E-state index contributed by atoms with van der Waals surface area (Å²) in [7, 11) is -0.332. The monoisotopic (exact) mass is 332 g/mol. The van der Waals surface area contributed by atoms with Crippen molar-refractivity contribution in [3.8, 4) is 0 Å². The third-order valence-corrected chi connectivity index (χ3v) is 5.82. The van der Waals surface area contributed by atoms with Crippen molar-refractivity contribution in [1.29, 1.82) is 0 Å². The van der Waals surface area contributed by atoms with E-state index < -0.39 is 0 Å². The number of fused-ring (bicyclic) bond motifs is 1. The van der Waals surface area contributed by atoms with Crippen LogP contribution in [0.15, 0.2) is 35.1 Å². The topological polar surface area (TPSA) is 18.5 Å². The largest absolute Gasteiger partial charge is 0.491 e. The summed E-state index contributed by atoms with van der Waals surface area (Å²) in [4.78, 5) is 0. The Balaban J connectivity index is 1.90. The van der Waals surface area contributed by atoms with Crippen molar-refractivity contribution in [2.24, 2.45) is 0 Å². The van der Waals surface area contributed by atoms with Crippen LogP contribution in [-0.4, -0.2) is 24.1 Å². The van der Waals surface area contributed by atoms with Gasteiger partial charge in [-0.05, 0) is 61.6 Å². The molecule has 2 nitrogen and oxygen atoms in total. The molecule has 22 heavy (non-hydrogen) atoms. The Morgan fingerprint density at radius 1 is 1.18 bits per heavy atom. The van der Waals surface area contributed by atoms with Crippen molar-refractivity contribution in [2.75, 3.05) is 5.75 Å². The molecule has 1 fully saturated rings. The van der Waals surface area contributed by atoms with Gasteiger partial charge in [0.05, 0.1) is 11.2 Å². The SMILES string of the molecule is CC1(C)OB(C(=Cc2ccc3ccsc3c2)CS)OC1(C)C. The molecule has 0 N–H and O–H groups in total. The Labute approximate surface area is 142 Å². The van der Waals surface area contributed by atoms with Gasteiger partial charge in [0.15, 0.2) is 0 Å². The van der Waals surface area contributed by atoms with Crippen LogP contribution in [0.4, 0.5) is 0 Å². The lowest BCUT2D eigenvalue weighted by atomic mass is 9.78. The van der Waals surface area contributed by atoms with Gasteiger partial charge >= 0.3 is 7.12 Å². The van der Waals surface area contributed by atoms with Crippen molar-refractivity contribution in [1.82, 2.24) is 0 Å². The molecule has 1 aliphatic rings. The van der Waals surface area contributed by atoms with Crippen LogP contribution < -0.4 is 0 Å². The predicted octanol–water partition coefficient (Wildman–Crippen LogP) is 4.85. The van der Waals surface area contributed by atoms with Crippen LogP contribution in [0.5, 0.6) is 0 Å². The second-order valence-electron chi connectivity index (χ2n) is 6.68. The van der Waals surface area contributed by atoms with Crippen LogP contribution in [0.1, 0.15) is 33.3 Å². The Morgan fingerprint density at radius 2 is 1.86 bits per heavy atom. The van der Waals surface area contributed by atoms with Crippen LogP contribution in [0.2, 0.25) is 0 Å². The summed E-state index contributed by atoms with van der Waals surface area (Å²) >= 11 is 6.23. The Kier molecular flexibility index (Phi) is 4.19. The van der Waals surface area contributed by atoms with Gasteiger partial charge in [-0.3, -0.25) is 0 Å². The van der Waals surface area contributed by atoms with E-state index in [1.165, 1.54) is 10.1 Å². The van der Waals surface area contributed by atoms with E-state index in [-0.39, 0.29) is 18.3 Å². The lowest BCUT2D eigenvalue weighted by molar-refractivity contribution is 0.00578. The molecular formula is C17H21BO2S2. The average Bonchev–Trinajstić information content (AvgIpc) is 2.98. The quantitative estimate of drug-likeness (QED) is 0.640. The van der Waals surface area contributed by atoms with E-state index in [4.69, 9.17) is 9.31 Å². The summed E-state index contributed by atoms with van der Waals surface area (Å²) in [6.07, 6.45) is 2.13. The van der Waals surface area contributed by atoms with Gasteiger partial charge in [0.2, 0.25) is 0 Å². The molecule has 1 aliphatic heterocycles. The highest BCUT2D eigenvalue weighted by Crippen LogP contribution is 2.39. The van der Waals surface area contributed by atoms with E-state index >= 15 is 0 Å². The zero-order chi connectivity index (χ0) is 16.0. The minimum absolute atomic E-state index is 0.322. The fourth-order valence-corrected chi connectivity index (χ4v) is 3.54. The third-order valence-electron chi connectivity index (χ3n) is 4.57. The van der Waals surface area contributed by atoms with Gasteiger partial charge in [0.1, 0.15) is 0 Å². The van der Waals surface area contributed by atoms with E-state index in [1.807, 2.05) is 0 Å². The standard InChI is InChI=1S/C17H21BO2S2/c1-16(2)17(3,4)20-18(19-16)14(11-21)9-12-5-6-13-7-8-22-15(13)10-12/h5-10,21H,11H2,1-4H3. The van der Waals surface area contributed by atoms with E-state index in [0.29, 0.717) is 5.75 Å². The molecule has 0 aliphatic carbocycles. The van der Waals surface area contributed by atoms with Crippen molar-refractivity contribution in [3.63, 3.8) is 0 Å². The summed E-state index contributed by atoms with van der Waals surface area (Å²) in [5.41, 5.74) is 1.57. The zero-order valence-corrected chi connectivity index (χ0v) is 15.1. The second kappa shape index (κ2) is 5.71. The molecule has 0 unspecified atom stereocenters. The maximum absolute atomic E-state index is 6.12. The van der Waals surface area contributed by atoms with Crippen LogP contribution in [0.3, 0.4) is 0 Å². The van der Waals surface area contributed by atoms with Crippen LogP contribution >= 0.6 is 24.0 Å². The molecule has 1 aromatic heterocycles. The summed E-state index contributed by atoms with van der Waals surface area (Å²) in [6, 6.07) is 8.62. The van der Waals surface area contributed by atoms with Crippen molar-refractivity contribution in [2.45, 2.75) is 38.9 Å². The molecule has 2 aromatic rings. The number of hydrogen-bond acceptors (Lipinski definition) is 4. The smallest absolute Gasteiger partial charge is 0.400 e. The van der Waals surface area contributed by atoms with Crippen LogP contribution in [0, 0.1) is 0 Å². The average molecular weight is 332 g/mol. The predicted molar refractivity (Wildman–Crippen MR) is 99.7 cm³/mol. The molecule has 0 bridgehead atoms. The first-order valence-corrected chi connectivity index (χ1v) is 8.98. The molecule has 0 amide bonds. The molecule has 0 radical (unpaired) electrons. The minimum atomic E-state index is -0.332. The van der Waals surface area contributed by atoms with E-state index in [2.05, 4.69) is 76.0 Å². The number of thiol groups is 1. The summed E-state index contributed by atoms with van der Waals surface area (Å²) in [5.74, 6) is 0.610. The van der Waals surface area contributed by atoms with Crippen LogP contribution in [0.25, 0.3) is 16.2 Å². The van der Waals surface area contributed by atoms with E-state index in [9.17, 15) is 0 Å². The molecule has 2 heterocycles. The second-order valence-corrected chi connectivity index (χ2v) is 7.95. The Bertz CT molecular complexity index is 702. The van der Waals surface area contributed by atoms with Crippen molar-refractivity contribution >= 4 is 47.2 Å². The lowest BCUT2D eigenvalue weighted by Gasteiger charge is -2.32. The van der Waals surface area contributed by atoms with Gasteiger partial charge < -0.3 is 9.31 Å². The highest BCUT2D eigenvalue weighted by atomic mass is 32.1. The highest BCUT2D eigenvalue weighted by molar-refractivity contribution is 7.80. The summed E-state index contributed by atoms with van der Waals surface area (Å²) < 4.78 is 13.5. The van der Waals surface area contributed by atoms with Gasteiger partial charge in [-0.2, -0.15) is 12.6 Å². The summed E-state index contributed by atoms with van der Waals surface area (Å²) in [6.45, 7) is 8.28. The first-order valence-electron chi connectivity index (χ1n) is 7.47. The molecule has 116 valence electrons. The van der Waals surface area contributed by atoms with Gasteiger partial charge in [-0.15, -0.1) is 11.3 Å².